The second-order valence-electron chi connectivity index (χ2n) is 7.40. The number of aromatic carboxylic acids is 1. The second-order valence-corrected chi connectivity index (χ2v) is 7.40. The van der Waals surface area contributed by atoms with Crippen molar-refractivity contribution in [2.24, 2.45) is 0 Å². The van der Waals surface area contributed by atoms with Crippen LogP contribution in [0.15, 0.2) is 54.7 Å². The SMILES string of the molecule is CCCN(Cc1ccc(-c2ccccc2-c2nnn[nH]2)cc1)c1nc(C)cnc1C(=O)O. The number of aryl methyl sites for hydroxylation is 1. The van der Waals surface area contributed by atoms with E-state index >= 15 is 0 Å². The lowest BCUT2D eigenvalue weighted by atomic mass is 9.98. The molecule has 0 saturated heterocycles. The molecular weight excluding hydrogens is 406 g/mol. The zero-order valence-corrected chi connectivity index (χ0v) is 17.9. The first-order valence-electron chi connectivity index (χ1n) is 10.3. The maximum absolute atomic E-state index is 11.7. The minimum absolute atomic E-state index is 0.0322. The van der Waals surface area contributed by atoms with Gasteiger partial charge in [-0.05, 0) is 40.5 Å². The van der Waals surface area contributed by atoms with E-state index in [1.807, 2.05) is 60.4 Å². The predicted molar refractivity (Wildman–Crippen MR) is 120 cm³/mol. The summed E-state index contributed by atoms with van der Waals surface area (Å²) in [5.74, 6) is -0.0768. The molecular formula is C23H23N7O2. The van der Waals surface area contributed by atoms with Gasteiger partial charge in [-0.15, -0.1) is 5.10 Å². The molecule has 4 aromatic rings. The van der Waals surface area contributed by atoms with Crippen LogP contribution in [0.2, 0.25) is 0 Å². The summed E-state index contributed by atoms with van der Waals surface area (Å²) in [6.45, 7) is 5.05. The summed E-state index contributed by atoms with van der Waals surface area (Å²) >= 11 is 0. The molecule has 0 fully saturated rings. The predicted octanol–water partition coefficient (Wildman–Crippen LogP) is 3.75. The Balaban J connectivity index is 1.63. The fraction of sp³-hybridized carbons (Fsp3) is 0.217. The molecule has 9 nitrogen and oxygen atoms in total. The third kappa shape index (κ3) is 4.46. The number of rotatable bonds is 8. The Labute approximate surface area is 185 Å². The number of aromatic nitrogens is 6. The van der Waals surface area contributed by atoms with Gasteiger partial charge in [-0.1, -0.05) is 55.5 Å². The van der Waals surface area contributed by atoms with Gasteiger partial charge >= 0.3 is 5.97 Å². The van der Waals surface area contributed by atoms with Crippen LogP contribution in [0.4, 0.5) is 5.82 Å². The lowest BCUT2D eigenvalue weighted by Crippen LogP contribution is -2.27. The highest BCUT2D eigenvalue weighted by Gasteiger charge is 2.20. The van der Waals surface area contributed by atoms with E-state index in [1.54, 1.807) is 0 Å². The molecule has 0 aliphatic carbocycles. The quantitative estimate of drug-likeness (QED) is 0.434. The van der Waals surface area contributed by atoms with Gasteiger partial charge in [0.1, 0.15) is 0 Å². The number of hydrogen-bond donors (Lipinski definition) is 2. The summed E-state index contributed by atoms with van der Waals surface area (Å²) in [6, 6.07) is 16.1. The molecule has 2 heterocycles. The number of anilines is 1. The Morgan fingerprint density at radius 3 is 2.50 bits per heavy atom. The van der Waals surface area contributed by atoms with Crippen LogP contribution in [0.3, 0.4) is 0 Å². The van der Waals surface area contributed by atoms with E-state index in [0.29, 0.717) is 30.4 Å². The summed E-state index contributed by atoms with van der Waals surface area (Å²) < 4.78 is 0. The van der Waals surface area contributed by atoms with Crippen molar-refractivity contribution in [1.29, 1.82) is 0 Å². The molecule has 0 radical (unpaired) electrons. The lowest BCUT2D eigenvalue weighted by molar-refractivity contribution is 0.0690. The first-order valence-corrected chi connectivity index (χ1v) is 10.3. The molecule has 4 rings (SSSR count). The van der Waals surface area contributed by atoms with Crippen molar-refractivity contribution in [2.45, 2.75) is 26.8 Å². The third-order valence-electron chi connectivity index (χ3n) is 5.04. The van der Waals surface area contributed by atoms with Gasteiger partial charge in [0, 0.05) is 24.8 Å². The Hall–Kier alpha value is -4.14. The normalized spacial score (nSPS) is 10.8. The molecule has 2 N–H and O–H groups in total. The minimum Gasteiger partial charge on any atom is -0.476 e. The van der Waals surface area contributed by atoms with E-state index < -0.39 is 5.97 Å². The van der Waals surface area contributed by atoms with Gasteiger partial charge in [0.15, 0.2) is 17.3 Å². The van der Waals surface area contributed by atoms with Crippen molar-refractivity contribution in [3.63, 3.8) is 0 Å². The molecule has 0 spiro atoms. The van der Waals surface area contributed by atoms with Crippen LogP contribution in [0.5, 0.6) is 0 Å². The Morgan fingerprint density at radius 1 is 1.09 bits per heavy atom. The monoisotopic (exact) mass is 429 g/mol. The number of hydrogen-bond acceptors (Lipinski definition) is 7. The highest BCUT2D eigenvalue weighted by molar-refractivity contribution is 5.91. The highest BCUT2D eigenvalue weighted by atomic mass is 16.4. The number of nitrogens with zero attached hydrogens (tertiary/aromatic N) is 6. The van der Waals surface area contributed by atoms with E-state index in [2.05, 4.69) is 37.5 Å². The number of H-pyrrole nitrogens is 1. The average Bonchev–Trinajstić information content (AvgIpc) is 3.34. The smallest absolute Gasteiger partial charge is 0.358 e. The second kappa shape index (κ2) is 9.34. The summed E-state index contributed by atoms with van der Waals surface area (Å²) in [7, 11) is 0. The number of tetrazole rings is 1. The van der Waals surface area contributed by atoms with E-state index in [9.17, 15) is 9.90 Å². The molecule has 32 heavy (non-hydrogen) atoms. The van der Waals surface area contributed by atoms with E-state index in [1.165, 1.54) is 6.20 Å². The molecule has 9 heteroatoms. The molecule has 2 aromatic heterocycles. The molecule has 0 atom stereocenters. The summed E-state index contributed by atoms with van der Waals surface area (Å²) in [4.78, 5) is 22.2. The number of aromatic amines is 1. The number of carboxylic acids is 1. The van der Waals surface area contributed by atoms with Gasteiger partial charge in [0.05, 0.1) is 5.69 Å². The fourth-order valence-corrected chi connectivity index (χ4v) is 3.59. The number of benzene rings is 2. The van der Waals surface area contributed by atoms with Crippen molar-refractivity contribution in [1.82, 2.24) is 30.6 Å². The largest absolute Gasteiger partial charge is 0.476 e. The van der Waals surface area contributed by atoms with E-state index in [-0.39, 0.29) is 5.69 Å². The third-order valence-corrected chi connectivity index (χ3v) is 5.04. The van der Waals surface area contributed by atoms with Gasteiger partial charge in [0.25, 0.3) is 0 Å². The molecule has 2 aromatic carbocycles. The van der Waals surface area contributed by atoms with Crippen LogP contribution in [0, 0.1) is 6.92 Å². The Kier molecular flexibility index (Phi) is 6.16. The van der Waals surface area contributed by atoms with Gasteiger partial charge in [-0.25, -0.2) is 19.9 Å². The summed E-state index contributed by atoms with van der Waals surface area (Å²) in [6.07, 6.45) is 2.33. The first kappa shape index (κ1) is 21.1. The number of carboxylic acid groups (broad SMARTS) is 1. The Morgan fingerprint density at radius 2 is 1.84 bits per heavy atom. The highest BCUT2D eigenvalue weighted by Crippen LogP contribution is 2.30. The van der Waals surface area contributed by atoms with Crippen LogP contribution in [-0.2, 0) is 6.54 Å². The minimum atomic E-state index is -1.08. The van der Waals surface area contributed by atoms with E-state index in [0.717, 1.165) is 28.7 Å². The standard InChI is InChI=1S/C23H23N7O2/c1-3-12-30(22-20(23(31)32)24-13-15(2)25-22)14-16-8-10-17(11-9-16)18-6-4-5-7-19(18)21-26-28-29-27-21/h4-11,13H,3,12,14H2,1-2H3,(H,31,32)(H,26,27,28,29). The molecule has 0 unspecified atom stereocenters. The molecule has 0 amide bonds. The van der Waals surface area contributed by atoms with E-state index in [4.69, 9.17) is 0 Å². The number of nitrogens with one attached hydrogen (secondary N) is 1. The molecule has 0 aliphatic rings. The summed E-state index contributed by atoms with van der Waals surface area (Å²) in [5.41, 5.74) is 4.65. The molecule has 0 saturated carbocycles. The fourth-order valence-electron chi connectivity index (χ4n) is 3.59. The maximum Gasteiger partial charge on any atom is 0.358 e. The van der Waals surface area contributed by atoms with Crippen LogP contribution in [0.1, 0.15) is 35.1 Å². The van der Waals surface area contributed by atoms with Crippen molar-refractivity contribution < 1.29 is 9.90 Å². The molecule has 162 valence electrons. The molecule has 0 bridgehead atoms. The average molecular weight is 429 g/mol. The van der Waals surface area contributed by atoms with Crippen molar-refractivity contribution in [3.05, 3.63) is 71.7 Å². The zero-order valence-electron chi connectivity index (χ0n) is 17.9. The topological polar surface area (TPSA) is 121 Å². The maximum atomic E-state index is 11.7. The van der Waals surface area contributed by atoms with Gasteiger partial charge in [-0.3, -0.25) is 0 Å². The van der Waals surface area contributed by atoms with Gasteiger partial charge in [-0.2, -0.15) is 0 Å². The molecule has 0 aliphatic heterocycles. The zero-order chi connectivity index (χ0) is 22.5. The van der Waals surface area contributed by atoms with Crippen molar-refractivity contribution in [2.75, 3.05) is 11.4 Å². The first-order chi connectivity index (χ1) is 15.6. The van der Waals surface area contributed by atoms with Gasteiger partial charge < -0.3 is 10.0 Å². The van der Waals surface area contributed by atoms with Crippen LogP contribution < -0.4 is 4.90 Å². The van der Waals surface area contributed by atoms with Crippen molar-refractivity contribution in [3.8, 4) is 22.5 Å². The van der Waals surface area contributed by atoms with Crippen molar-refractivity contribution >= 4 is 11.8 Å². The van der Waals surface area contributed by atoms with Crippen LogP contribution >= 0.6 is 0 Å². The summed E-state index contributed by atoms with van der Waals surface area (Å²) in [5, 5.41) is 23.7. The van der Waals surface area contributed by atoms with Gasteiger partial charge in [0.2, 0.25) is 0 Å². The lowest BCUT2D eigenvalue weighted by Gasteiger charge is -2.24. The van der Waals surface area contributed by atoms with Crippen LogP contribution in [-0.4, -0.2) is 48.2 Å². The number of carbonyl (C=O) groups is 1. The van der Waals surface area contributed by atoms with Crippen LogP contribution in [0.25, 0.3) is 22.5 Å². The Bertz CT molecular complexity index is 1210.